The highest BCUT2D eigenvalue weighted by Gasteiger charge is 2.50. The van der Waals surface area contributed by atoms with E-state index in [-0.39, 0.29) is 25.9 Å². The number of hydrogen-bond acceptors (Lipinski definition) is 11. The van der Waals surface area contributed by atoms with Crippen molar-refractivity contribution in [2.75, 3.05) is 13.2 Å². The molecule has 1 heterocycles. The highest BCUT2D eigenvalue weighted by atomic mass is 16.7. The van der Waals surface area contributed by atoms with E-state index < -0.39 is 67.3 Å². The van der Waals surface area contributed by atoms with Gasteiger partial charge in [-0.25, -0.2) is 4.79 Å². The highest BCUT2D eigenvalue weighted by molar-refractivity contribution is 5.74. The van der Waals surface area contributed by atoms with E-state index in [1.807, 2.05) is 12.2 Å². The first kappa shape index (κ1) is 68.7. The van der Waals surface area contributed by atoms with Crippen molar-refractivity contribution < 1.29 is 58.2 Å². The molecular formula is C63H102O12. The number of hydrogen-bond donors (Lipinski definition) is 3. The smallest absolute Gasteiger partial charge is 0.335 e. The van der Waals surface area contributed by atoms with Crippen LogP contribution in [0.4, 0.5) is 0 Å². The number of carbonyl (C=O) groups is 4. The highest BCUT2D eigenvalue weighted by Crippen LogP contribution is 2.26. The fraction of sp³-hybridized carbons (Fsp3) is 0.683. The van der Waals surface area contributed by atoms with E-state index in [1.165, 1.54) is 51.4 Å². The van der Waals surface area contributed by atoms with Crippen molar-refractivity contribution in [3.05, 3.63) is 97.2 Å². The van der Waals surface area contributed by atoms with Crippen molar-refractivity contribution in [1.29, 1.82) is 0 Å². The van der Waals surface area contributed by atoms with Crippen molar-refractivity contribution in [2.45, 2.75) is 263 Å². The van der Waals surface area contributed by atoms with Gasteiger partial charge >= 0.3 is 23.9 Å². The zero-order chi connectivity index (χ0) is 54.7. The molecule has 6 unspecified atom stereocenters. The molecule has 0 amide bonds. The Bertz CT molecular complexity index is 1670. The van der Waals surface area contributed by atoms with Gasteiger partial charge in [0.05, 0.1) is 6.61 Å². The maximum absolute atomic E-state index is 13.1. The average Bonchev–Trinajstić information content (AvgIpc) is 3.39. The quantitative estimate of drug-likeness (QED) is 0.0228. The van der Waals surface area contributed by atoms with Gasteiger partial charge in [0.25, 0.3) is 0 Å². The van der Waals surface area contributed by atoms with Crippen molar-refractivity contribution >= 4 is 23.9 Å². The monoisotopic (exact) mass is 1050 g/mol. The van der Waals surface area contributed by atoms with Crippen LogP contribution >= 0.6 is 0 Å². The number of carbonyl (C=O) groups excluding carboxylic acids is 3. The molecule has 0 aromatic heterocycles. The lowest BCUT2D eigenvalue weighted by molar-refractivity contribution is -0.301. The van der Waals surface area contributed by atoms with Crippen LogP contribution in [0.2, 0.25) is 0 Å². The summed E-state index contributed by atoms with van der Waals surface area (Å²) in [7, 11) is 0. The van der Waals surface area contributed by atoms with Crippen LogP contribution in [-0.4, -0.2) is 89.2 Å². The minimum atomic E-state index is -1.92. The number of esters is 3. The molecule has 6 atom stereocenters. The minimum absolute atomic E-state index is 0.0387. The molecule has 0 bridgehead atoms. The Labute approximate surface area is 453 Å². The number of aliphatic carboxylic acids is 1. The van der Waals surface area contributed by atoms with E-state index in [9.17, 15) is 34.5 Å². The van der Waals surface area contributed by atoms with E-state index in [1.54, 1.807) is 0 Å². The summed E-state index contributed by atoms with van der Waals surface area (Å²) in [6.07, 6.45) is 53.9. The number of carboxylic acids is 1. The molecule has 75 heavy (non-hydrogen) atoms. The summed E-state index contributed by atoms with van der Waals surface area (Å²) < 4.78 is 28.3. The van der Waals surface area contributed by atoms with E-state index >= 15 is 0 Å². The molecule has 0 aliphatic carbocycles. The predicted octanol–water partition coefficient (Wildman–Crippen LogP) is 14.9. The van der Waals surface area contributed by atoms with Crippen LogP contribution in [0, 0.1) is 0 Å². The molecule has 426 valence electrons. The largest absolute Gasteiger partial charge is 0.479 e. The Balaban J connectivity index is 2.75. The summed E-state index contributed by atoms with van der Waals surface area (Å²) in [6, 6.07) is 0. The van der Waals surface area contributed by atoms with Crippen LogP contribution in [0.25, 0.3) is 0 Å². The number of ether oxygens (including phenoxy) is 5. The molecule has 1 saturated heterocycles. The number of carboxylic acid groups (broad SMARTS) is 1. The normalized spacial score (nSPS) is 18.9. The van der Waals surface area contributed by atoms with E-state index in [4.69, 9.17) is 23.7 Å². The fourth-order valence-corrected chi connectivity index (χ4v) is 8.15. The Kier molecular flexibility index (Phi) is 46.2. The van der Waals surface area contributed by atoms with Gasteiger partial charge in [-0.3, -0.25) is 14.4 Å². The predicted molar refractivity (Wildman–Crippen MR) is 303 cm³/mol. The molecule has 12 nitrogen and oxygen atoms in total. The first-order valence-electron chi connectivity index (χ1n) is 29.2. The molecule has 0 spiro atoms. The standard InChI is InChI=1S/C63H102O12/c1-4-7-10-13-16-19-22-25-26-27-28-29-30-33-34-37-40-43-46-49-55(64)71-52-54(73-56(65)50-47-44-41-38-35-31-23-20-17-14-11-8-5-2)53-72-63-61(59(68)58(67)60(75-63)62(69)70)74-57(66)51-48-45-42-39-36-32-24-21-18-15-12-9-6-3/h7,10,16,19-21,23-26,28-29,33-34,40,43,54,58-61,63,67-68H,4-6,8-9,11-15,17-18,22,27,30-32,35-39,41-42,44-53H2,1-3H3,(H,69,70)/b10-7-,19-16-,23-20-,24-21-,26-25-,29-28-,34-33-,43-40-. The topological polar surface area (TPSA) is 175 Å². The molecule has 12 heteroatoms. The van der Waals surface area contributed by atoms with Gasteiger partial charge in [0.1, 0.15) is 18.8 Å². The van der Waals surface area contributed by atoms with Crippen molar-refractivity contribution in [3.8, 4) is 0 Å². The van der Waals surface area contributed by atoms with Crippen molar-refractivity contribution in [1.82, 2.24) is 0 Å². The lowest BCUT2D eigenvalue weighted by Crippen LogP contribution is -2.61. The van der Waals surface area contributed by atoms with Crippen LogP contribution in [0.5, 0.6) is 0 Å². The lowest BCUT2D eigenvalue weighted by atomic mass is 9.98. The van der Waals surface area contributed by atoms with Gasteiger partial charge in [0, 0.05) is 19.3 Å². The second kappa shape index (κ2) is 50.5. The van der Waals surface area contributed by atoms with E-state index in [0.717, 1.165) is 116 Å². The van der Waals surface area contributed by atoms with E-state index in [2.05, 4.69) is 106 Å². The zero-order valence-electron chi connectivity index (χ0n) is 46.8. The van der Waals surface area contributed by atoms with Gasteiger partial charge in [0.2, 0.25) is 0 Å². The van der Waals surface area contributed by atoms with Gasteiger partial charge in [-0.2, -0.15) is 0 Å². The van der Waals surface area contributed by atoms with Crippen molar-refractivity contribution in [2.24, 2.45) is 0 Å². The molecular weight excluding hydrogens is 949 g/mol. The molecule has 0 radical (unpaired) electrons. The Morgan fingerprint density at radius 3 is 1.33 bits per heavy atom. The SMILES string of the molecule is CC/C=C\C/C=C\C/C=C\C/C=C\C/C=C\C/C=C\CCC(=O)OCC(COC1OC(C(=O)O)C(O)C(O)C1OC(=O)CCCCCCC/C=C\CCCCCC)OC(=O)CCCCCCC/C=C\CCCCCC. The summed E-state index contributed by atoms with van der Waals surface area (Å²) in [5, 5.41) is 31.4. The molecule has 0 aromatic rings. The first-order chi connectivity index (χ1) is 36.6. The van der Waals surface area contributed by atoms with Gasteiger partial charge < -0.3 is 39.0 Å². The van der Waals surface area contributed by atoms with Gasteiger partial charge in [-0.15, -0.1) is 0 Å². The molecule has 1 fully saturated rings. The maximum Gasteiger partial charge on any atom is 0.335 e. The molecule has 1 rings (SSSR count). The molecule has 1 aliphatic heterocycles. The third-order valence-electron chi connectivity index (χ3n) is 12.6. The number of aliphatic hydroxyl groups is 2. The Morgan fingerprint density at radius 2 is 0.867 bits per heavy atom. The molecule has 3 N–H and O–H groups in total. The van der Waals surface area contributed by atoms with E-state index in [0.29, 0.717) is 19.3 Å². The van der Waals surface area contributed by atoms with Crippen LogP contribution in [-0.2, 0) is 42.9 Å². The summed E-state index contributed by atoms with van der Waals surface area (Å²) in [4.78, 5) is 51.0. The number of aliphatic hydroxyl groups excluding tert-OH is 2. The van der Waals surface area contributed by atoms with Gasteiger partial charge in [0.15, 0.2) is 24.6 Å². The number of allylic oxidation sites excluding steroid dienone is 16. The third kappa shape index (κ3) is 40.6. The summed E-state index contributed by atoms with van der Waals surface area (Å²) >= 11 is 0. The maximum atomic E-state index is 13.1. The first-order valence-corrected chi connectivity index (χ1v) is 29.2. The van der Waals surface area contributed by atoms with Crippen LogP contribution < -0.4 is 0 Å². The third-order valence-corrected chi connectivity index (χ3v) is 12.6. The summed E-state index contributed by atoms with van der Waals surface area (Å²) in [6.45, 7) is 5.76. The summed E-state index contributed by atoms with van der Waals surface area (Å²) in [5.41, 5.74) is 0. The van der Waals surface area contributed by atoms with Crippen LogP contribution in [0.15, 0.2) is 97.2 Å². The second-order valence-corrected chi connectivity index (χ2v) is 19.5. The zero-order valence-corrected chi connectivity index (χ0v) is 46.8. The minimum Gasteiger partial charge on any atom is -0.479 e. The fourth-order valence-electron chi connectivity index (χ4n) is 8.15. The van der Waals surface area contributed by atoms with Gasteiger partial charge in [-0.05, 0) is 109 Å². The molecule has 0 aromatic carbocycles. The average molecular weight is 1050 g/mol. The molecule has 1 aliphatic rings. The Morgan fingerprint density at radius 1 is 0.453 bits per heavy atom. The second-order valence-electron chi connectivity index (χ2n) is 19.5. The number of rotatable bonds is 48. The lowest BCUT2D eigenvalue weighted by Gasteiger charge is -2.40. The molecule has 0 saturated carbocycles. The van der Waals surface area contributed by atoms with Crippen LogP contribution in [0.3, 0.4) is 0 Å². The summed E-state index contributed by atoms with van der Waals surface area (Å²) in [5.74, 6) is -3.26. The Hall–Kier alpha value is -4.36. The van der Waals surface area contributed by atoms with Crippen LogP contribution in [0.1, 0.15) is 226 Å². The van der Waals surface area contributed by atoms with Crippen molar-refractivity contribution in [3.63, 3.8) is 0 Å². The number of unbranched alkanes of at least 4 members (excludes halogenated alkanes) is 18. The van der Waals surface area contributed by atoms with Gasteiger partial charge in [-0.1, -0.05) is 195 Å².